The molecule has 2 bridgehead atoms. The van der Waals surface area contributed by atoms with Crippen molar-refractivity contribution in [2.75, 3.05) is 26.8 Å². The van der Waals surface area contributed by atoms with Crippen LogP contribution >= 0.6 is 0 Å². The Morgan fingerprint density at radius 3 is 2.62 bits per heavy atom. The van der Waals surface area contributed by atoms with Crippen LogP contribution in [0.1, 0.15) is 53.0 Å². The number of likely N-dealkylation sites (tertiary alicyclic amines) is 1. The van der Waals surface area contributed by atoms with E-state index >= 15 is 0 Å². The third-order valence-electron chi connectivity index (χ3n) is 8.76. The average molecular weight is 612 g/mol. The van der Waals surface area contributed by atoms with Crippen LogP contribution in [-0.4, -0.2) is 47.3 Å². The van der Waals surface area contributed by atoms with E-state index < -0.39 is 23.0 Å². The molecule has 2 aliphatic heterocycles. The van der Waals surface area contributed by atoms with E-state index in [1.54, 1.807) is 37.4 Å². The van der Waals surface area contributed by atoms with Gasteiger partial charge in [-0.25, -0.2) is 0 Å². The lowest BCUT2D eigenvalue weighted by Gasteiger charge is -2.42. The van der Waals surface area contributed by atoms with Gasteiger partial charge in [-0.15, -0.1) is 0 Å². The normalized spacial score (nSPS) is 18.2. The van der Waals surface area contributed by atoms with E-state index in [9.17, 15) is 19.5 Å². The molecule has 2 aliphatic rings. The van der Waals surface area contributed by atoms with Gasteiger partial charge in [-0.1, -0.05) is 36.4 Å². The second kappa shape index (κ2) is 13.0. The Morgan fingerprint density at radius 1 is 1.04 bits per heavy atom. The van der Waals surface area contributed by atoms with Gasteiger partial charge in [0.05, 0.1) is 26.2 Å². The van der Waals surface area contributed by atoms with Gasteiger partial charge in [0.1, 0.15) is 17.3 Å². The fourth-order valence-corrected chi connectivity index (χ4v) is 6.73. The van der Waals surface area contributed by atoms with Crippen molar-refractivity contribution in [1.82, 2.24) is 9.47 Å². The Labute approximate surface area is 260 Å². The molecule has 1 saturated heterocycles. The summed E-state index contributed by atoms with van der Waals surface area (Å²) >= 11 is 0. The maximum Gasteiger partial charge on any atom is 0.250 e. The molecular formula is C35H37N3O7. The second-order valence-electron chi connectivity index (χ2n) is 11.9. The van der Waals surface area contributed by atoms with Crippen LogP contribution in [-0.2, 0) is 24.3 Å². The standard InChI is InChI=1S/C35H37N3O7/c1-43-25-11-9-22(10-12-25)13-14-44-31-7-3-2-5-27(31)28(17-32(36)40)35-34(42)30(39)16-26(45-35)21-37-18-23-15-24(20-37)29-6-4-8-33(41)38(29)19-23/h2-12,16,23-24,28,42H,13-15,17-21H2,1H3,(H2,36,40)/t23-,24+,28-/m1/s1. The van der Waals surface area contributed by atoms with Crippen LogP contribution in [0.25, 0.3) is 0 Å². The van der Waals surface area contributed by atoms with Gasteiger partial charge >= 0.3 is 0 Å². The van der Waals surface area contributed by atoms with E-state index in [2.05, 4.69) is 4.90 Å². The van der Waals surface area contributed by atoms with Crippen LogP contribution in [0, 0.1) is 5.92 Å². The summed E-state index contributed by atoms with van der Waals surface area (Å²) in [4.78, 5) is 40.0. The van der Waals surface area contributed by atoms with Crippen LogP contribution in [0.3, 0.4) is 0 Å². The number of fused-ring (bicyclic) bond motifs is 4. The summed E-state index contributed by atoms with van der Waals surface area (Å²) < 4.78 is 19.5. The molecule has 234 valence electrons. The SMILES string of the molecule is COc1ccc(CCOc2ccccc2[C@@H](CC(N)=O)c2oc(CN3C[C@H]4C[C@@H](C3)c3cccc(=O)n3C4)cc(=O)c2O)cc1. The van der Waals surface area contributed by atoms with Crippen molar-refractivity contribution in [2.45, 2.75) is 44.2 Å². The number of primary amides is 1. The number of ether oxygens (including phenoxy) is 2. The molecule has 2 aromatic heterocycles. The highest BCUT2D eigenvalue weighted by atomic mass is 16.5. The molecule has 1 amide bonds. The molecule has 10 heteroatoms. The lowest BCUT2D eigenvalue weighted by atomic mass is 9.83. The largest absolute Gasteiger partial charge is 0.502 e. The third-order valence-corrected chi connectivity index (χ3v) is 8.76. The minimum Gasteiger partial charge on any atom is -0.502 e. The van der Waals surface area contributed by atoms with Gasteiger partial charge in [0, 0.05) is 61.8 Å². The van der Waals surface area contributed by atoms with E-state index in [4.69, 9.17) is 19.6 Å². The molecule has 45 heavy (non-hydrogen) atoms. The van der Waals surface area contributed by atoms with Gasteiger partial charge in [-0.3, -0.25) is 19.3 Å². The number of carbonyl (C=O) groups excluding carboxylic acids is 1. The van der Waals surface area contributed by atoms with E-state index in [1.807, 2.05) is 41.0 Å². The predicted octanol–water partition coefficient (Wildman–Crippen LogP) is 3.76. The molecule has 2 aromatic carbocycles. The highest BCUT2D eigenvalue weighted by molar-refractivity contribution is 5.75. The minimum absolute atomic E-state index is 0.0170. The third kappa shape index (κ3) is 6.66. The summed E-state index contributed by atoms with van der Waals surface area (Å²) in [6.07, 6.45) is 1.43. The smallest absolute Gasteiger partial charge is 0.250 e. The van der Waals surface area contributed by atoms with Crippen LogP contribution in [0.5, 0.6) is 17.2 Å². The van der Waals surface area contributed by atoms with Gasteiger partial charge < -0.3 is 29.3 Å². The molecule has 3 atom stereocenters. The topological polar surface area (TPSA) is 137 Å². The number of rotatable bonds is 11. The van der Waals surface area contributed by atoms with Gasteiger partial charge in [-0.2, -0.15) is 0 Å². The summed E-state index contributed by atoms with van der Waals surface area (Å²) in [7, 11) is 1.62. The monoisotopic (exact) mass is 611 g/mol. The number of pyridine rings is 1. The molecule has 0 saturated carbocycles. The Morgan fingerprint density at radius 2 is 1.84 bits per heavy atom. The van der Waals surface area contributed by atoms with Gasteiger partial charge in [-0.05, 0) is 42.2 Å². The molecule has 0 spiro atoms. The predicted molar refractivity (Wildman–Crippen MR) is 168 cm³/mol. The van der Waals surface area contributed by atoms with E-state index in [-0.39, 0.29) is 23.7 Å². The molecule has 4 heterocycles. The van der Waals surface area contributed by atoms with Crippen molar-refractivity contribution >= 4 is 5.91 Å². The van der Waals surface area contributed by atoms with E-state index in [0.29, 0.717) is 55.7 Å². The Hall–Kier alpha value is -4.83. The van der Waals surface area contributed by atoms with Gasteiger partial charge in [0.2, 0.25) is 17.1 Å². The number of aromatic nitrogens is 1. The number of nitrogens with two attached hydrogens (primary N) is 1. The first-order valence-corrected chi connectivity index (χ1v) is 15.2. The molecule has 0 unspecified atom stereocenters. The summed E-state index contributed by atoms with van der Waals surface area (Å²) in [6.45, 7) is 2.80. The van der Waals surface area contributed by atoms with Crippen LogP contribution in [0.2, 0.25) is 0 Å². The number of aromatic hydroxyl groups is 1. The Bertz CT molecular complexity index is 1800. The number of benzene rings is 2. The van der Waals surface area contributed by atoms with Gasteiger partial charge in [0.15, 0.2) is 5.76 Å². The second-order valence-corrected chi connectivity index (χ2v) is 11.9. The summed E-state index contributed by atoms with van der Waals surface area (Å²) in [5, 5.41) is 10.9. The minimum atomic E-state index is -0.841. The summed E-state index contributed by atoms with van der Waals surface area (Å²) in [6, 6.07) is 21.6. The highest BCUT2D eigenvalue weighted by Crippen LogP contribution is 2.39. The molecule has 0 aliphatic carbocycles. The first-order chi connectivity index (χ1) is 21.8. The Balaban J connectivity index is 1.24. The zero-order valence-corrected chi connectivity index (χ0v) is 25.2. The summed E-state index contributed by atoms with van der Waals surface area (Å²) in [5.41, 5.74) is 7.78. The van der Waals surface area contributed by atoms with Gasteiger partial charge in [0.25, 0.3) is 5.56 Å². The maximum absolute atomic E-state index is 13.1. The van der Waals surface area contributed by atoms with Crippen molar-refractivity contribution in [2.24, 2.45) is 11.7 Å². The quantitative estimate of drug-likeness (QED) is 0.262. The van der Waals surface area contributed by atoms with Crippen molar-refractivity contribution in [3.63, 3.8) is 0 Å². The Kier molecular flexibility index (Phi) is 8.75. The van der Waals surface area contributed by atoms with Crippen molar-refractivity contribution in [3.05, 3.63) is 122 Å². The number of carbonyl (C=O) groups is 1. The molecule has 4 aromatic rings. The zero-order valence-electron chi connectivity index (χ0n) is 25.2. The lowest BCUT2D eigenvalue weighted by Crippen LogP contribution is -2.46. The van der Waals surface area contributed by atoms with Crippen LogP contribution < -0.4 is 26.2 Å². The molecule has 3 N–H and O–H groups in total. The van der Waals surface area contributed by atoms with Crippen LogP contribution in [0.4, 0.5) is 0 Å². The number of hydrogen-bond donors (Lipinski definition) is 2. The number of amides is 1. The molecule has 10 nitrogen and oxygen atoms in total. The van der Waals surface area contributed by atoms with Crippen molar-refractivity contribution in [3.8, 4) is 17.2 Å². The number of nitrogens with zero attached hydrogens (tertiary/aromatic N) is 2. The molecule has 6 rings (SSSR count). The van der Waals surface area contributed by atoms with Crippen molar-refractivity contribution in [1.29, 1.82) is 0 Å². The molecule has 0 radical (unpaired) electrons. The highest BCUT2D eigenvalue weighted by Gasteiger charge is 2.35. The maximum atomic E-state index is 13.1. The lowest BCUT2D eigenvalue weighted by molar-refractivity contribution is -0.118. The molecule has 1 fully saturated rings. The van der Waals surface area contributed by atoms with E-state index in [0.717, 1.165) is 30.0 Å². The summed E-state index contributed by atoms with van der Waals surface area (Å²) in [5.74, 6) is 0.119. The average Bonchev–Trinajstić information content (AvgIpc) is 3.03. The number of methoxy groups -OCH3 is 1. The fraction of sp³-hybridized carbons (Fsp3) is 0.343. The number of para-hydroxylation sites is 1. The number of hydrogen-bond acceptors (Lipinski definition) is 8. The first kappa shape index (κ1) is 30.2. The number of piperidine rings is 1. The van der Waals surface area contributed by atoms with E-state index in [1.165, 1.54) is 6.07 Å². The van der Waals surface area contributed by atoms with Crippen LogP contribution in [0.15, 0.2) is 86.8 Å². The first-order valence-electron chi connectivity index (χ1n) is 15.2. The fourth-order valence-electron chi connectivity index (χ4n) is 6.73. The molecular weight excluding hydrogens is 574 g/mol. The van der Waals surface area contributed by atoms with Crippen molar-refractivity contribution < 1.29 is 23.8 Å². The zero-order chi connectivity index (χ0) is 31.5.